The fourth-order valence-electron chi connectivity index (χ4n) is 2.78. The number of piperidine rings is 1. The van der Waals surface area contributed by atoms with Crippen molar-refractivity contribution in [3.05, 3.63) is 23.8 Å². The van der Waals surface area contributed by atoms with Crippen molar-refractivity contribution in [2.75, 3.05) is 26.3 Å². The molecule has 0 saturated carbocycles. The van der Waals surface area contributed by atoms with Crippen molar-refractivity contribution >= 4 is 11.8 Å². The van der Waals surface area contributed by atoms with E-state index >= 15 is 0 Å². The first kappa shape index (κ1) is 13.7. The summed E-state index contributed by atoms with van der Waals surface area (Å²) in [4.78, 5) is 25.5. The van der Waals surface area contributed by atoms with Gasteiger partial charge in [-0.15, -0.1) is 0 Å². The van der Waals surface area contributed by atoms with Crippen molar-refractivity contribution in [1.29, 1.82) is 0 Å². The second-order valence-corrected chi connectivity index (χ2v) is 5.30. The maximum atomic E-state index is 12.6. The minimum Gasteiger partial charge on any atom is -0.486 e. The second-order valence-electron chi connectivity index (χ2n) is 5.30. The van der Waals surface area contributed by atoms with E-state index in [0.717, 1.165) is 0 Å². The Balaban J connectivity index is 1.76. The molecule has 0 atom stereocenters. The average Bonchev–Trinajstić information content (AvgIpc) is 2.53. The average molecular weight is 290 g/mol. The van der Waals surface area contributed by atoms with Gasteiger partial charge in [0.25, 0.3) is 5.91 Å². The summed E-state index contributed by atoms with van der Waals surface area (Å²) >= 11 is 0. The number of fused-ring (bicyclic) bond motifs is 1. The fourth-order valence-corrected chi connectivity index (χ4v) is 2.78. The molecule has 0 aliphatic carbocycles. The summed E-state index contributed by atoms with van der Waals surface area (Å²) < 4.78 is 11.1. The number of para-hydroxylation sites is 1. The van der Waals surface area contributed by atoms with E-state index < -0.39 is 0 Å². The van der Waals surface area contributed by atoms with E-state index in [4.69, 9.17) is 15.2 Å². The number of benzene rings is 1. The van der Waals surface area contributed by atoms with Crippen LogP contribution in [0.4, 0.5) is 0 Å². The molecule has 1 saturated heterocycles. The highest BCUT2D eigenvalue weighted by Gasteiger charge is 2.29. The molecule has 2 aliphatic heterocycles. The highest BCUT2D eigenvalue weighted by molar-refractivity contribution is 5.98. The Morgan fingerprint density at radius 2 is 1.86 bits per heavy atom. The van der Waals surface area contributed by atoms with Crippen molar-refractivity contribution < 1.29 is 19.1 Å². The van der Waals surface area contributed by atoms with Gasteiger partial charge < -0.3 is 20.1 Å². The van der Waals surface area contributed by atoms with Gasteiger partial charge in [0.05, 0.1) is 5.56 Å². The highest BCUT2D eigenvalue weighted by Crippen LogP contribution is 2.34. The molecule has 2 aliphatic rings. The molecule has 0 radical (unpaired) electrons. The Morgan fingerprint density at radius 3 is 2.57 bits per heavy atom. The first-order chi connectivity index (χ1) is 10.2. The molecular weight excluding hydrogens is 272 g/mol. The van der Waals surface area contributed by atoms with Gasteiger partial charge in [0.1, 0.15) is 13.2 Å². The van der Waals surface area contributed by atoms with E-state index in [1.54, 1.807) is 23.1 Å². The van der Waals surface area contributed by atoms with E-state index in [1.807, 2.05) is 0 Å². The molecule has 0 bridgehead atoms. The van der Waals surface area contributed by atoms with Crippen LogP contribution in [0.5, 0.6) is 11.5 Å². The third-order valence-corrected chi connectivity index (χ3v) is 3.98. The highest BCUT2D eigenvalue weighted by atomic mass is 16.6. The smallest absolute Gasteiger partial charge is 0.257 e. The van der Waals surface area contributed by atoms with Crippen molar-refractivity contribution in [2.45, 2.75) is 12.8 Å². The molecule has 3 rings (SSSR count). The molecule has 2 N–H and O–H groups in total. The van der Waals surface area contributed by atoms with Crippen LogP contribution >= 0.6 is 0 Å². The van der Waals surface area contributed by atoms with Gasteiger partial charge >= 0.3 is 0 Å². The Morgan fingerprint density at radius 1 is 1.14 bits per heavy atom. The molecule has 1 fully saturated rings. The van der Waals surface area contributed by atoms with Crippen LogP contribution in [-0.4, -0.2) is 43.0 Å². The standard InChI is InChI=1S/C15H18N2O4/c16-14(18)10-4-6-17(7-5-10)15(19)11-2-1-3-12-13(11)21-9-8-20-12/h1-3,10H,4-9H2,(H2,16,18). The van der Waals surface area contributed by atoms with Gasteiger partial charge in [-0.25, -0.2) is 0 Å². The Bertz CT molecular complexity index is 565. The second kappa shape index (κ2) is 5.63. The molecule has 2 amide bonds. The normalized spacial score (nSPS) is 18.4. The number of rotatable bonds is 2. The number of nitrogens with two attached hydrogens (primary N) is 1. The number of hydrogen-bond acceptors (Lipinski definition) is 4. The quantitative estimate of drug-likeness (QED) is 0.873. The minimum atomic E-state index is -0.282. The molecule has 21 heavy (non-hydrogen) atoms. The van der Waals surface area contributed by atoms with Gasteiger partial charge in [-0.3, -0.25) is 9.59 Å². The van der Waals surface area contributed by atoms with Crippen LogP contribution in [0.1, 0.15) is 23.2 Å². The van der Waals surface area contributed by atoms with E-state index in [1.165, 1.54) is 0 Å². The number of likely N-dealkylation sites (tertiary alicyclic amines) is 1. The summed E-state index contributed by atoms with van der Waals surface area (Å²) in [5.74, 6) is 0.638. The molecule has 1 aromatic rings. The summed E-state index contributed by atoms with van der Waals surface area (Å²) in [5, 5.41) is 0. The van der Waals surface area contributed by atoms with Gasteiger partial charge in [-0.05, 0) is 25.0 Å². The Labute approximate surface area is 122 Å². The molecule has 0 unspecified atom stereocenters. The zero-order valence-corrected chi connectivity index (χ0v) is 11.7. The third kappa shape index (κ3) is 2.66. The summed E-state index contributed by atoms with van der Waals surface area (Å²) in [6.07, 6.45) is 1.24. The first-order valence-corrected chi connectivity index (χ1v) is 7.14. The van der Waals surface area contributed by atoms with Crippen molar-refractivity contribution in [3.63, 3.8) is 0 Å². The summed E-state index contributed by atoms with van der Waals surface area (Å²) in [6, 6.07) is 5.33. The number of hydrogen-bond donors (Lipinski definition) is 1. The van der Waals surface area contributed by atoms with Crippen LogP contribution in [0.2, 0.25) is 0 Å². The zero-order valence-electron chi connectivity index (χ0n) is 11.7. The summed E-state index contributed by atoms with van der Waals surface area (Å²) in [5.41, 5.74) is 5.83. The van der Waals surface area contributed by atoms with E-state index in [2.05, 4.69) is 0 Å². The zero-order chi connectivity index (χ0) is 14.8. The van der Waals surface area contributed by atoms with Gasteiger partial charge in [-0.1, -0.05) is 6.07 Å². The lowest BCUT2D eigenvalue weighted by atomic mass is 9.95. The number of nitrogens with zero attached hydrogens (tertiary/aromatic N) is 1. The minimum absolute atomic E-state index is 0.0831. The lowest BCUT2D eigenvalue weighted by Crippen LogP contribution is -2.42. The van der Waals surface area contributed by atoms with Crippen LogP contribution in [0, 0.1) is 5.92 Å². The summed E-state index contributed by atoms with van der Waals surface area (Å²) in [7, 11) is 0. The van der Waals surface area contributed by atoms with E-state index in [0.29, 0.717) is 56.2 Å². The number of carbonyl (C=O) groups is 2. The fraction of sp³-hybridized carbons (Fsp3) is 0.467. The molecule has 112 valence electrons. The third-order valence-electron chi connectivity index (χ3n) is 3.98. The van der Waals surface area contributed by atoms with Gasteiger partial charge in [-0.2, -0.15) is 0 Å². The molecule has 6 nitrogen and oxygen atoms in total. The molecular formula is C15H18N2O4. The maximum Gasteiger partial charge on any atom is 0.257 e. The lowest BCUT2D eigenvalue weighted by Gasteiger charge is -2.31. The van der Waals surface area contributed by atoms with Crippen molar-refractivity contribution in [1.82, 2.24) is 4.90 Å². The largest absolute Gasteiger partial charge is 0.486 e. The van der Waals surface area contributed by atoms with Crippen LogP contribution in [0.3, 0.4) is 0 Å². The number of carbonyl (C=O) groups excluding carboxylic acids is 2. The van der Waals surface area contributed by atoms with Crippen molar-refractivity contribution in [2.24, 2.45) is 11.7 Å². The number of amides is 2. The predicted octanol–water partition coefficient (Wildman–Crippen LogP) is 0.795. The maximum absolute atomic E-state index is 12.6. The summed E-state index contributed by atoms with van der Waals surface area (Å²) in [6.45, 7) is 2.02. The molecule has 2 heterocycles. The van der Waals surface area contributed by atoms with Gasteiger partial charge in [0.15, 0.2) is 11.5 Å². The molecule has 6 heteroatoms. The van der Waals surface area contributed by atoms with Gasteiger partial charge in [0.2, 0.25) is 5.91 Å². The molecule has 1 aromatic carbocycles. The number of ether oxygens (including phenoxy) is 2. The molecule has 0 spiro atoms. The van der Waals surface area contributed by atoms with Crippen LogP contribution < -0.4 is 15.2 Å². The van der Waals surface area contributed by atoms with E-state index in [9.17, 15) is 9.59 Å². The van der Waals surface area contributed by atoms with Gasteiger partial charge in [0, 0.05) is 19.0 Å². The van der Waals surface area contributed by atoms with Crippen molar-refractivity contribution in [3.8, 4) is 11.5 Å². The topological polar surface area (TPSA) is 81.9 Å². The van der Waals surface area contributed by atoms with E-state index in [-0.39, 0.29) is 17.7 Å². The van der Waals surface area contributed by atoms with Crippen LogP contribution in [-0.2, 0) is 4.79 Å². The van der Waals surface area contributed by atoms with Crippen LogP contribution in [0.25, 0.3) is 0 Å². The predicted molar refractivity (Wildman–Crippen MR) is 75.3 cm³/mol. The Kier molecular flexibility index (Phi) is 3.68. The SMILES string of the molecule is NC(=O)C1CCN(C(=O)c2cccc3c2OCCO3)CC1. The lowest BCUT2D eigenvalue weighted by molar-refractivity contribution is -0.123. The first-order valence-electron chi connectivity index (χ1n) is 7.14. The van der Waals surface area contributed by atoms with Crippen LogP contribution in [0.15, 0.2) is 18.2 Å². The molecule has 0 aromatic heterocycles. The number of primary amides is 1. The monoisotopic (exact) mass is 290 g/mol. The Hall–Kier alpha value is -2.24.